The highest BCUT2D eigenvalue weighted by Gasteiger charge is 2.32. The molecule has 0 atom stereocenters. The standard InChI is InChI=1S/C59H59FN8O8/c1-2-39-10-9-11-41(32-39)42-35-53(65-25-29-75-30-26-65)55(62-36-42)57(71)61-20-28-74-31-27-68(59(73)76-38-50-45-14-5-3-12-43(45)44-13-4-6-15-46(44)50)37-54(69)66-21-23-67(24-22-66)58(72)49-33-40(18-19-51(49)60)34-52-47-16-7-8-17-48(47)56(70)64-63-52/h3-19,32-33,35-36,50H,2,20-31,34,37-38H2,1H3,(H,61,71)(H,64,70). The predicted molar refractivity (Wildman–Crippen MR) is 286 cm³/mol. The lowest BCUT2D eigenvalue weighted by atomic mass is 9.98. The summed E-state index contributed by atoms with van der Waals surface area (Å²) in [5.41, 5.74) is 9.23. The Morgan fingerprint density at radius 2 is 1.49 bits per heavy atom. The molecule has 2 aliphatic heterocycles. The number of amides is 4. The Hall–Kier alpha value is -8.28. The molecule has 2 aromatic heterocycles. The molecule has 390 valence electrons. The quantitative estimate of drug-likeness (QED) is 0.0890. The number of hydrogen-bond donors (Lipinski definition) is 2. The van der Waals surface area contributed by atoms with Crippen LogP contribution in [0.1, 0.15) is 61.6 Å². The maximum atomic E-state index is 15.3. The molecule has 17 heteroatoms. The van der Waals surface area contributed by atoms with Crippen LogP contribution in [-0.2, 0) is 31.8 Å². The molecule has 0 radical (unpaired) electrons. The van der Waals surface area contributed by atoms with E-state index in [9.17, 15) is 24.0 Å². The molecular weight excluding hydrogens is 968 g/mol. The van der Waals surface area contributed by atoms with Crippen molar-refractivity contribution in [3.05, 3.63) is 183 Å². The van der Waals surface area contributed by atoms with E-state index in [-0.39, 0.29) is 101 Å². The van der Waals surface area contributed by atoms with Crippen LogP contribution in [0.2, 0.25) is 0 Å². The molecule has 3 aliphatic rings. The largest absolute Gasteiger partial charge is 0.448 e. The first-order chi connectivity index (χ1) is 37.1. The monoisotopic (exact) mass is 1030 g/mol. The van der Waals surface area contributed by atoms with E-state index in [0.29, 0.717) is 54.0 Å². The van der Waals surface area contributed by atoms with E-state index in [1.165, 1.54) is 27.5 Å². The molecule has 5 aromatic carbocycles. The van der Waals surface area contributed by atoms with E-state index in [1.54, 1.807) is 35.4 Å². The fourth-order valence-corrected chi connectivity index (χ4v) is 10.3. The number of fused-ring (bicyclic) bond motifs is 4. The van der Waals surface area contributed by atoms with Gasteiger partial charge in [0.15, 0.2) is 5.69 Å². The first-order valence-electron chi connectivity index (χ1n) is 25.8. The van der Waals surface area contributed by atoms with Crippen LogP contribution < -0.4 is 15.8 Å². The molecule has 16 nitrogen and oxygen atoms in total. The summed E-state index contributed by atoms with van der Waals surface area (Å²) in [4.78, 5) is 79.2. The molecule has 0 unspecified atom stereocenters. The maximum absolute atomic E-state index is 15.3. The first-order valence-corrected chi connectivity index (χ1v) is 25.8. The molecule has 0 spiro atoms. The van der Waals surface area contributed by atoms with Gasteiger partial charge in [0, 0.05) is 81.8 Å². The molecule has 0 bridgehead atoms. The van der Waals surface area contributed by atoms with E-state index >= 15 is 4.39 Å². The summed E-state index contributed by atoms with van der Waals surface area (Å²) in [7, 11) is 0. The van der Waals surface area contributed by atoms with Crippen molar-refractivity contribution < 1.29 is 37.8 Å². The van der Waals surface area contributed by atoms with E-state index in [2.05, 4.69) is 56.6 Å². The van der Waals surface area contributed by atoms with Crippen LogP contribution in [-0.4, -0.2) is 146 Å². The van der Waals surface area contributed by atoms with Crippen molar-refractivity contribution in [3.63, 3.8) is 0 Å². The summed E-state index contributed by atoms with van der Waals surface area (Å²) >= 11 is 0. The summed E-state index contributed by atoms with van der Waals surface area (Å²) < 4.78 is 32.9. The Labute approximate surface area is 439 Å². The third kappa shape index (κ3) is 11.4. The number of nitrogens with zero attached hydrogens (tertiary/aromatic N) is 6. The van der Waals surface area contributed by atoms with E-state index in [1.807, 2.05) is 60.7 Å². The second kappa shape index (κ2) is 23.5. The Balaban J connectivity index is 0.769. The Morgan fingerprint density at radius 3 is 2.24 bits per heavy atom. The number of morpholine rings is 1. The number of ether oxygens (including phenoxy) is 3. The molecule has 2 saturated heterocycles. The molecule has 0 saturated carbocycles. The minimum absolute atomic E-state index is 0.0121. The van der Waals surface area contributed by atoms with Crippen LogP contribution in [0.5, 0.6) is 0 Å². The summed E-state index contributed by atoms with van der Waals surface area (Å²) in [6.07, 6.45) is 2.19. The zero-order valence-electron chi connectivity index (χ0n) is 42.3. The number of aryl methyl sites for hydroxylation is 1. The number of anilines is 1. The van der Waals surface area contributed by atoms with Crippen LogP contribution in [0.4, 0.5) is 14.9 Å². The lowest BCUT2D eigenvalue weighted by Gasteiger charge is -2.36. The molecule has 4 amide bonds. The fourth-order valence-electron chi connectivity index (χ4n) is 10.3. The van der Waals surface area contributed by atoms with Crippen molar-refractivity contribution in [2.24, 2.45) is 0 Å². The number of hydrogen-bond acceptors (Lipinski definition) is 11. The van der Waals surface area contributed by atoms with Crippen LogP contribution in [0, 0.1) is 5.82 Å². The minimum Gasteiger partial charge on any atom is -0.448 e. The van der Waals surface area contributed by atoms with Gasteiger partial charge in [-0.3, -0.25) is 24.1 Å². The van der Waals surface area contributed by atoms with Crippen molar-refractivity contribution in [2.75, 3.05) is 96.8 Å². The number of aromatic nitrogens is 3. The molecule has 1 aliphatic carbocycles. The van der Waals surface area contributed by atoms with Crippen molar-refractivity contribution >= 4 is 40.3 Å². The van der Waals surface area contributed by atoms with Crippen LogP contribution >= 0.6 is 0 Å². The molecule has 4 heterocycles. The summed E-state index contributed by atoms with van der Waals surface area (Å²) in [5.74, 6) is -2.09. The zero-order chi connectivity index (χ0) is 52.5. The van der Waals surface area contributed by atoms with Gasteiger partial charge in [-0.1, -0.05) is 104 Å². The number of rotatable bonds is 17. The van der Waals surface area contributed by atoms with Crippen LogP contribution in [0.3, 0.4) is 0 Å². The topological polar surface area (TPSA) is 180 Å². The third-order valence-corrected chi connectivity index (χ3v) is 14.4. The number of pyridine rings is 1. The molecule has 2 fully saturated rings. The Bertz CT molecular complexity index is 3290. The molecule has 2 N–H and O–H groups in total. The lowest BCUT2D eigenvalue weighted by molar-refractivity contribution is -0.133. The number of piperazine rings is 1. The number of nitrogens with one attached hydrogen (secondary N) is 2. The van der Waals surface area contributed by atoms with Gasteiger partial charge < -0.3 is 34.2 Å². The Morgan fingerprint density at radius 1 is 0.776 bits per heavy atom. The van der Waals surface area contributed by atoms with Gasteiger partial charge in [-0.05, 0) is 69.6 Å². The smallest absolute Gasteiger partial charge is 0.410 e. The van der Waals surface area contributed by atoms with Crippen LogP contribution in [0.25, 0.3) is 33.0 Å². The number of carbonyl (C=O) groups excluding carboxylic acids is 4. The van der Waals surface area contributed by atoms with Crippen molar-refractivity contribution in [1.29, 1.82) is 0 Å². The number of aromatic amines is 1. The van der Waals surface area contributed by atoms with Crippen molar-refractivity contribution in [2.45, 2.75) is 25.7 Å². The predicted octanol–water partition coefficient (Wildman–Crippen LogP) is 7.10. The van der Waals surface area contributed by atoms with Gasteiger partial charge in [0.25, 0.3) is 17.4 Å². The zero-order valence-corrected chi connectivity index (χ0v) is 42.3. The highest BCUT2D eigenvalue weighted by Crippen LogP contribution is 2.44. The van der Waals surface area contributed by atoms with Crippen molar-refractivity contribution in [3.8, 4) is 22.3 Å². The normalized spacial score (nSPS) is 14.3. The van der Waals surface area contributed by atoms with Gasteiger partial charge >= 0.3 is 6.09 Å². The molecule has 7 aromatic rings. The maximum Gasteiger partial charge on any atom is 0.410 e. The average Bonchev–Trinajstić information content (AvgIpc) is 3.81. The Kier molecular flexibility index (Phi) is 15.8. The molecule has 10 rings (SSSR count). The van der Waals surface area contributed by atoms with Gasteiger partial charge in [-0.25, -0.2) is 19.3 Å². The van der Waals surface area contributed by atoms with Crippen molar-refractivity contribution in [1.82, 2.24) is 35.2 Å². The highest BCUT2D eigenvalue weighted by atomic mass is 19.1. The van der Waals surface area contributed by atoms with Gasteiger partial charge in [-0.2, -0.15) is 5.10 Å². The molecular formula is C59H59FN8O8. The number of H-pyrrole nitrogens is 1. The second-order valence-electron chi connectivity index (χ2n) is 19.0. The van der Waals surface area contributed by atoms with Gasteiger partial charge in [0.2, 0.25) is 5.91 Å². The number of halogens is 1. The number of benzene rings is 5. The van der Waals surface area contributed by atoms with Gasteiger partial charge in [-0.15, -0.1) is 0 Å². The number of carbonyl (C=O) groups is 4. The molecule has 76 heavy (non-hydrogen) atoms. The van der Waals surface area contributed by atoms with E-state index in [0.717, 1.165) is 45.5 Å². The first kappa shape index (κ1) is 51.2. The highest BCUT2D eigenvalue weighted by molar-refractivity contribution is 5.99. The fraction of sp³-hybridized carbons (Fsp3) is 0.305. The van der Waals surface area contributed by atoms with E-state index in [4.69, 9.17) is 14.2 Å². The second-order valence-corrected chi connectivity index (χ2v) is 19.0. The SMILES string of the molecule is CCc1cccc(-c2cnc(C(=O)NCCOCCN(CC(=O)N3CCN(C(=O)c4cc(Cc5n[nH]c(=O)c6ccccc56)ccc4F)CC3)C(=O)OCC3c4ccccc4-c4ccccc43)c(N3CCOCC3)c2)c1. The summed E-state index contributed by atoms with van der Waals surface area (Å²) in [6, 6.07) is 37.8. The third-order valence-electron chi connectivity index (χ3n) is 14.4. The average molecular weight is 1030 g/mol. The van der Waals surface area contributed by atoms with Crippen LogP contribution in [0.15, 0.2) is 132 Å². The summed E-state index contributed by atoms with van der Waals surface area (Å²) in [6.45, 7) is 5.09. The summed E-state index contributed by atoms with van der Waals surface area (Å²) in [5, 5.41) is 10.8. The van der Waals surface area contributed by atoms with E-state index < -0.39 is 17.8 Å². The minimum atomic E-state index is -0.687. The van der Waals surface area contributed by atoms with Gasteiger partial charge in [0.1, 0.15) is 19.0 Å². The van der Waals surface area contributed by atoms with Gasteiger partial charge in [0.05, 0.1) is 48.8 Å². The lowest BCUT2D eigenvalue weighted by Crippen LogP contribution is -2.53.